The standard InChI is InChI=1S/C18H30N4O2.HI/c1-2-19-18(21-15-8-10-16(23)11-9-15)20-12-4-6-14-22-13-5-3-7-17(22)24;/h3,5,7,13,15-16,23H,2,4,6,8-12,14H2,1H3,(H2,19,20,21);1H. The lowest BCUT2D eigenvalue weighted by Crippen LogP contribution is -2.45. The molecule has 1 aliphatic carbocycles. The molecule has 0 saturated heterocycles. The largest absolute Gasteiger partial charge is 0.393 e. The molecule has 0 bridgehead atoms. The molecule has 0 spiro atoms. The van der Waals surface area contributed by atoms with E-state index in [2.05, 4.69) is 22.5 Å². The lowest BCUT2D eigenvalue weighted by atomic mass is 9.93. The Labute approximate surface area is 167 Å². The van der Waals surface area contributed by atoms with Crippen LogP contribution in [0, 0.1) is 0 Å². The Morgan fingerprint density at radius 3 is 2.72 bits per heavy atom. The minimum absolute atomic E-state index is 0. The van der Waals surface area contributed by atoms with Crippen LogP contribution >= 0.6 is 24.0 Å². The Bertz CT molecular complexity index is 568. The van der Waals surface area contributed by atoms with Crippen molar-refractivity contribution in [1.29, 1.82) is 0 Å². The fraction of sp³-hybridized carbons (Fsp3) is 0.667. The highest BCUT2D eigenvalue weighted by atomic mass is 127. The van der Waals surface area contributed by atoms with E-state index in [0.29, 0.717) is 6.04 Å². The number of nitrogens with one attached hydrogen (secondary N) is 2. The molecule has 1 saturated carbocycles. The summed E-state index contributed by atoms with van der Waals surface area (Å²) in [4.78, 5) is 16.2. The van der Waals surface area contributed by atoms with Gasteiger partial charge in [-0.2, -0.15) is 0 Å². The van der Waals surface area contributed by atoms with Gasteiger partial charge in [0.05, 0.1) is 6.10 Å². The summed E-state index contributed by atoms with van der Waals surface area (Å²) in [5.74, 6) is 0.857. The number of guanidine groups is 1. The van der Waals surface area contributed by atoms with Crippen LogP contribution in [-0.2, 0) is 6.54 Å². The lowest BCUT2D eigenvalue weighted by Gasteiger charge is -2.27. The second-order valence-corrected chi connectivity index (χ2v) is 6.35. The normalized spacial score (nSPS) is 20.6. The van der Waals surface area contributed by atoms with Crippen LogP contribution in [0.4, 0.5) is 0 Å². The Balaban J connectivity index is 0.00000312. The predicted octanol–water partition coefficient (Wildman–Crippen LogP) is 2.11. The van der Waals surface area contributed by atoms with E-state index in [1.165, 1.54) is 0 Å². The summed E-state index contributed by atoms with van der Waals surface area (Å²) in [6.45, 7) is 4.37. The van der Waals surface area contributed by atoms with Crippen LogP contribution in [0.5, 0.6) is 0 Å². The first-order valence-corrected chi connectivity index (χ1v) is 9.07. The topological polar surface area (TPSA) is 78.7 Å². The Kier molecular flexibility index (Phi) is 10.8. The van der Waals surface area contributed by atoms with Gasteiger partial charge >= 0.3 is 0 Å². The number of unbranched alkanes of at least 4 members (excludes halogenated alkanes) is 1. The minimum Gasteiger partial charge on any atom is -0.393 e. The Hall–Kier alpha value is -1.09. The van der Waals surface area contributed by atoms with Gasteiger partial charge < -0.3 is 20.3 Å². The van der Waals surface area contributed by atoms with Crippen molar-refractivity contribution in [3.8, 4) is 0 Å². The van der Waals surface area contributed by atoms with Crippen molar-refractivity contribution in [2.75, 3.05) is 13.1 Å². The van der Waals surface area contributed by atoms with Crippen LogP contribution in [0.1, 0.15) is 45.4 Å². The number of hydrogen-bond acceptors (Lipinski definition) is 3. The fourth-order valence-electron chi connectivity index (χ4n) is 2.96. The summed E-state index contributed by atoms with van der Waals surface area (Å²) in [5, 5.41) is 16.3. The van der Waals surface area contributed by atoms with Gasteiger partial charge in [-0.3, -0.25) is 9.79 Å². The summed E-state index contributed by atoms with van der Waals surface area (Å²) in [5.41, 5.74) is 0.0514. The molecule has 0 atom stereocenters. The average Bonchev–Trinajstić information content (AvgIpc) is 2.58. The number of aliphatic imine (C=N–C) groups is 1. The molecule has 1 aromatic heterocycles. The summed E-state index contributed by atoms with van der Waals surface area (Å²) in [6.07, 6.45) is 7.28. The van der Waals surface area contributed by atoms with Crippen LogP contribution in [-0.4, -0.2) is 40.9 Å². The molecule has 1 heterocycles. The van der Waals surface area contributed by atoms with E-state index in [1.807, 2.05) is 12.3 Å². The highest BCUT2D eigenvalue weighted by molar-refractivity contribution is 14.0. The number of rotatable bonds is 7. The van der Waals surface area contributed by atoms with E-state index in [-0.39, 0.29) is 35.6 Å². The second kappa shape index (κ2) is 12.3. The highest BCUT2D eigenvalue weighted by Crippen LogP contribution is 2.18. The third kappa shape index (κ3) is 8.22. The van der Waals surface area contributed by atoms with Crippen LogP contribution in [0.15, 0.2) is 34.2 Å². The molecular weight excluding hydrogens is 431 g/mol. The number of aliphatic hydroxyl groups excluding tert-OH is 1. The van der Waals surface area contributed by atoms with Crippen molar-refractivity contribution in [2.24, 2.45) is 4.99 Å². The summed E-state index contributed by atoms with van der Waals surface area (Å²) in [7, 11) is 0. The zero-order valence-corrected chi connectivity index (χ0v) is 17.3. The summed E-state index contributed by atoms with van der Waals surface area (Å²) >= 11 is 0. The van der Waals surface area contributed by atoms with Crippen LogP contribution in [0.25, 0.3) is 0 Å². The zero-order valence-electron chi connectivity index (χ0n) is 15.0. The number of aryl methyl sites for hydroxylation is 1. The van der Waals surface area contributed by atoms with Gasteiger partial charge in [-0.25, -0.2) is 0 Å². The number of aliphatic hydroxyl groups is 1. The van der Waals surface area contributed by atoms with E-state index >= 15 is 0 Å². The number of halogens is 1. The van der Waals surface area contributed by atoms with Gasteiger partial charge in [0.25, 0.3) is 0 Å². The predicted molar refractivity (Wildman–Crippen MR) is 113 cm³/mol. The smallest absolute Gasteiger partial charge is 0.250 e. The molecule has 7 heteroatoms. The SMILES string of the molecule is CCNC(=NCCCCn1ccccc1=O)NC1CCC(O)CC1.I. The van der Waals surface area contributed by atoms with Gasteiger partial charge in [0, 0.05) is 37.9 Å². The zero-order chi connectivity index (χ0) is 17.2. The van der Waals surface area contributed by atoms with Gasteiger partial charge in [-0.05, 0) is 51.5 Å². The van der Waals surface area contributed by atoms with Crippen LogP contribution in [0.3, 0.4) is 0 Å². The summed E-state index contributed by atoms with van der Waals surface area (Å²) < 4.78 is 1.74. The van der Waals surface area contributed by atoms with Crippen molar-refractivity contribution in [3.63, 3.8) is 0 Å². The molecule has 0 aliphatic heterocycles. The number of aromatic nitrogens is 1. The molecule has 6 nitrogen and oxygen atoms in total. The Morgan fingerprint density at radius 2 is 2.04 bits per heavy atom. The molecule has 0 amide bonds. The van der Waals surface area contributed by atoms with Crippen molar-refractivity contribution in [3.05, 3.63) is 34.7 Å². The number of hydrogen-bond donors (Lipinski definition) is 3. The van der Waals surface area contributed by atoms with E-state index in [0.717, 1.165) is 64.1 Å². The number of pyridine rings is 1. The third-order valence-corrected chi connectivity index (χ3v) is 4.36. The second-order valence-electron chi connectivity index (χ2n) is 6.35. The molecule has 1 fully saturated rings. The maximum atomic E-state index is 11.6. The van der Waals surface area contributed by atoms with Crippen LogP contribution in [0.2, 0.25) is 0 Å². The van der Waals surface area contributed by atoms with Crippen molar-refractivity contribution in [1.82, 2.24) is 15.2 Å². The maximum absolute atomic E-state index is 11.6. The number of nitrogens with zero attached hydrogens (tertiary/aromatic N) is 2. The van der Waals surface area contributed by atoms with Crippen molar-refractivity contribution in [2.45, 2.75) is 64.1 Å². The first kappa shape index (κ1) is 22.0. The van der Waals surface area contributed by atoms with E-state index in [4.69, 9.17) is 0 Å². The van der Waals surface area contributed by atoms with E-state index in [9.17, 15) is 9.90 Å². The van der Waals surface area contributed by atoms with Gasteiger partial charge in [-0.15, -0.1) is 24.0 Å². The lowest BCUT2D eigenvalue weighted by molar-refractivity contribution is 0.120. The van der Waals surface area contributed by atoms with Gasteiger partial charge in [0.15, 0.2) is 5.96 Å². The quantitative estimate of drug-likeness (QED) is 0.251. The van der Waals surface area contributed by atoms with E-state index in [1.54, 1.807) is 16.7 Å². The summed E-state index contributed by atoms with van der Waals surface area (Å²) in [6, 6.07) is 5.64. The van der Waals surface area contributed by atoms with Crippen molar-refractivity contribution < 1.29 is 5.11 Å². The Morgan fingerprint density at radius 1 is 1.28 bits per heavy atom. The maximum Gasteiger partial charge on any atom is 0.250 e. The first-order chi connectivity index (χ1) is 11.7. The van der Waals surface area contributed by atoms with Gasteiger partial charge in [-0.1, -0.05) is 6.07 Å². The third-order valence-electron chi connectivity index (χ3n) is 4.36. The van der Waals surface area contributed by atoms with Crippen LogP contribution < -0.4 is 16.2 Å². The van der Waals surface area contributed by atoms with Crippen molar-refractivity contribution >= 4 is 29.9 Å². The molecule has 0 radical (unpaired) electrons. The molecule has 142 valence electrons. The molecule has 1 aliphatic rings. The highest BCUT2D eigenvalue weighted by Gasteiger charge is 2.19. The molecule has 0 unspecified atom stereocenters. The minimum atomic E-state index is -0.135. The molecule has 1 aromatic rings. The first-order valence-electron chi connectivity index (χ1n) is 9.07. The molecule has 0 aromatic carbocycles. The molecule has 25 heavy (non-hydrogen) atoms. The van der Waals surface area contributed by atoms with Gasteiger partial charge in [0.2, 0.25) is 5.56 Å². The van der Waals surface area contributed by atoms with E-state index < -0.39 is 0 Å². The molecule has 2 rings (SSSR count). The fourth-order valence-corrected chi connectivity index (χ4v) is 2.96. The molecule has 3 N–H and O–H groups in total. The average molecular weight is 462 g/mol. The molecular formula is C18H31IN4O2. The monoisotopic (exact) mass is 462 g/mol. The van der Waals surface area contributed by atoms with Gasteiger partial charge in [0.1, 0.15) is 0 Å².